The summed E-state index contributed by atoms with van der Waals surface area (Å²) in [5, 5.41) is 10.1. The molecule has 0 saturated heterocycles. The van der Waals surface area contributed by atoms with Gasteiger partial charge in [-0.3, -0.25) is 10.1 Å². The summed E-state index contributed by atoms with van der Waals surface area (Å²) in [6, 6.07) is 3.66. The van der Waals surface area contributed by atoms with E-state index in [0.29, 0.717) is 17.6 Å². The van der Waals surface area contributed by atoms with Crippen molar-refractivity contribution >= 4 is 6.08 Å². The summed E-state index contributed by atoms with van der Waals surface area (Å²) < 4.78 is 5.44. The number of hydrogen-bond acceptors (Lipinski definition) is 3. The summed E-state index contributed by atoms with van der Waals surface area (Å²) in [7, 11) is 0. The molecule has 1 aliphatic carbocycles. The molecular weight excluding hydrogens is 182 g/mol. The highest BCUT2D eigenvalue weighted by Gasteiger charge is 2.36. The second-order valence-electron chi connectivity index (χ2n) is 3.66. The molecule has 4 heteroatoms. The lowest BCUT2D eigenvalue weighted by Gasteiger charge is -1.89. The van der Waals surface area contributed by atoms with Gasteiger partial charge in [-0.2, -0.15) is 0 Å². The zero-order valence-corrected chi connectivity index (χ0v) is 7.84. The van der Waals surface area contributed by atoms with Crippen molar-refractivity contribution in [3.8, 4) is 0 Å². The molecule has 0 radical (unpaired) electrons. The normalized spacial score (nSPS) is 25.5. The summed E-state index contributed by atoms with van der Waals surface area (Å²) in [5.74, 6) is 2.71. The smallest absolute Gasteiger partial charge is 0.238 e. The molecule has 74 valence electrons. The Balaban J connectivity index is 2.06. The first-order chi connectivity index (χ1) is 6.66. The molecule has 1 aromatic heterocycles. The quantitative estimate of drug-likeness (QED) is 0.547. The van der Waals surface area contributed by atoms with Gasteiger partial charge in [-0.1, -0.05) is 6.92 Å². The molecule has 0 N–H and O–H groups in total. The van der Waals surface area contributed by atoms with E-state index >= 15 is 0 Å². The molecule has 0 aromatic carbocycles. The molecule has 4 nitrogen and oxygen atoms in total. The molecule has 1 saturated carbocycles. The Morgan fingerprint density at radius 3 is 2.93 bits per heavy atom. The third kappa shape index (κ3) is 1.84. The first-order valence-corrected chi connectivity index (χ1v) is 4.58. The molecule has 14 heavy (non-hydrogen) atoms. The molecule has 1 aliphatic rings. The van der Waals surface area contributed by atoms with Gasteiger partial charge in [0.2, 0.25) is 6.20 Å². The SMILES string of the molecule is CC1CC1c1ccc(C=C[N+](=O)[O-])o1. The highest BCUT2D eigenvalue weighted by atomic mass is 16.6. The van der Waals surface area contributed by atoms with Crippen molar-refractivity contribution in [2.45, 2.75) is 19.3 Å². The number of hydrogen-bond donors (Lipinski definition) is 0. The Morgan fingerprint density at radius 2 is 2.36 bits per heavy atom. The maximum absolute atomic E-state index is 10.1. The van der Waals surface area contributed by atoms with Crippen LogP contribution in [0.15, 0.2) is 22.7 Å². The van der Waals surface area contributed by atoms with E-state index in [2.05, 4.69) is 6.92 Å². The lowest BCUT2D eigenvalue weighted by atomic mass is 10.3. The molecule has 2 unspecified atom stereocenters. The maximum Gasteiger partial charge on any atom is 0.238 e. The average Bonchev–Trinajstić information content (AvgIpc) is 2.68. The molecule has 1 fully saturated rings. The molecule has 0 aliphatic heterocycles. The first kappa shape index (κ1) is 8.99. The molecule has 0 bridgehead atoms. The van der Waals surface area contributed by atoms with E-state index in [-0.39, 0.29) is 0 Å². The van der Waals surface area contributed by atoms with Crippen LogP contribution in [-0.4, -0.2) is 4.92 Å². The highest BCUT2D eigenvalue weighted by Crippen LogP contribution is 2.47. The minimum atomic E-state index is -0.498. The Bertz CT molecular complexity index is 380. The van der Waals surface area contributed by atoms with E-state index < -0.39 is 4.92 Å². The van der Waals surface area contributed by atoms with Gasteiger partial charge in [0.25, 0.3) is 0 Å². The molecule has 2 rings (SSSR count). The third-order valence-corrected chi connectivity index (χ3v) is 2.48. The van der Waals surface area contributed by atoms with Gasteiger partial charge in [-0.25, -0.2) is 0 Å². The third-order valence-electron chi connectivity index (χ3n) is 2.48. The number of nitro groups is 1. The Morgan fingerprint density at radius 1 is 1.64 bits per heavy atom. The highest BCUT2D eigenvalue weighted by molar-refractivity contribution is 5.41. The van der Waals surface area contributed by atoms with Crippen LogP contribution in [0.4, 0.5) is 0 Å². The maximum atomic E-state index is 10.1. The van der Waals surface area contributed by atoms with Gasteiger partial charge in [-0.05, 0) is 24.5 Å². The monoisotopic (exact) mass is 193 g/mol. The Kier molecular flexibility index (Phi) is 2.11. The number of rotatable bonds is 3. The van der Waals surface area contributed by atoms with Gasteiger partial charge in [0, 0.05) is 5.92 Å². The van der Waals surface area contributed by atoms with Crippen LogP contribution >= 0.6 is 0 Å². The first-order valence-electron chi connectivity index (χ1n) is 4.58. The van der Waals surface area contributed by atoms with Crippen LogP contribution in [0.3, 0.4) is 0 Å². The van der Waals surface area contributed by atoms with Crippen molar-refractivity contribution in [2.24, 2.45) is 5.92 Å². The van der Waals surface area contributed by atoms with Crippen LogP contribution in [0, 0.1) is 16.0 Å². The van der Waals surface area contributed by atoms with Crippen molar-refractivity contribution in [3.05, 3.63) is 40.0 Å². The largest absolute Gasteiger partial charge is 0.461 e. The van der Waals surface area contributed by atoms with E-state index in [9.17, 15) is 10.1 Å². The minimum Gasteiger partial charge on any atom is -0.461 e. The summed E-state index contributed by atoms with van der Waals surface area (Å²) in [6.45, 7) is 2.17. The van der Waals surface area contributed by atoms with Crippen molar-refractivity contribution in [2.75, 3.05) is 0 Å². The standard InChI is InChI=1S/C10H11NO3/c1-7-6-9(7)10-3-2-8(14-10)4-5-11(12)13/h2-5,7,9H,6H2,1H3. The molecule has 1 heterocycles. The Hall–Kier alpha value is -1.58. The van der Waals surface area contributed by atoms with Crippen LogP contribution in [0.25, 0.3) is 6.08 Å². The molecule has 2 atom stereocenters. The van der Waals surface area contributed by atoms with Crippen molar-refractivity contribution < 1.29 is 9.34 Å². The van der Waals surface area contributed by atoms with Crippen LogP contribution in [0.1, 0.15) is 30.8 Å². The van der Waals surface area contributed by atoms with Crippen LogP contribution in [-0.2, 0) is 0 Å². The fourth-order valence-corrected chi connectivity index (χ4v) is 1.51. The van der Waals surface area contributed by atoms with E-state index in [1.807, 2.05) is 6.07 Å². The van der Waals surface area contributed by atoms with Gasteiger partial charge >= 0.3 is 0 Å². The van der Waals surface area contributed by atoms with Gasteiger partial charge in [0.1, 0.15) is 11.5 Å². The fraction of sp³-hybridized carbons (Fsp3) is 0.400. The Labute approximate surface area is 81.4 Å². The summed E-state index contributed by atoms with van der Waals surface area (Å²) >= 11 is 0. The van der Waals surface area contributed by atoms with Crippen LogP contribution in [0.5, 0.6) is 0 Å². The zero-order valence-electron chi connectivity index (χ0n) is 7.84. The molecule has 0 amide bonds. The van der Waals surface area contributed by atoms with E-state index in [1.54, 1.807) is 6.07 Å². The van der Waals surface area contributed by atoms with E-state index in [4.69, 9.17) is 4.42 Å². The average molecular weight is 193 g/mol. The van der Waals surface area contributed by atoms with E-state index in [0.717, 1.165) is 18.4 Å². The molecule has 0 spiro atoms. The predicted octanol–water partition coefficient (Wildman–Crippen LogP) is 2.65. The second-order valence-corrected chi connectivity index (χ2v) is 3.66. The van der Waals surface area contributed by atoms with Crippen LogP contribution in [0.2, 0.25) is 0 Å². The lowest BCUT2D eigenvalue weighted by Crippen LogP contribution is -1.81. The van der Waals surface area contributed by atoms with Crippen molar-refractivity contribution in [3.63, 3.8) is 0 Å². The minimum absolute atomic E-state index is 0.498. The van der Waals surface area contributed by atoms with Crippen molar-refractivity contribution in [1.29, 1.82) is 0 Å². The van der Waals surface area contributed by atoms with E-state index in [1.165, 1.54) is 6.08 Å². The van der Waals surface area contributed by atoms with Gasteiger partial charge in [0.05, 0.1) is 11.0 Å². The van der Waals surface area contributed by atoms with Crippen molar-refractivity contribution in [1.82, 2.24) is 0 Å². The molecule has 1 aromatic rings. The summed E-state index contributed by atoms with van der Waals surface area (Å²) in [4.78, 5) is 9.56. The zero-order chi connectivity index (χ0) is 10.1. The molecular formula is C10H11NO3. The predicted molar refractivity (Wildman–Crippen MR) is 51.3 cm³/mol. The van der Waals surface area contributed by atoms with Crippen LogP contribution < -0.4 is 0 Å². The lowest BCUT2D eigenvalue weighted by molar-refractivity contribution is -0.401. The van der Waals surface area contributed by atoms with Gasteiger partial charge in [0.15, 0.2) is 0 Å². The second kappa shape index (κ2) is 3.29. The number of nitrogens with zero attached hydrogens (tertiary/aromatic N) is 1. The topological polar surface area (TPSA) is 56.3 Å². The number of furan rings is 1. The summed E-state index contributed by atoms with van der Waals surface area (Å²) in [6.07, 6.45) is 3.42. The van der Waals surface area contributed by atoms with Gasteiger partial charge in [-0.15, -0.1) is 0 Å². The fourth-order valence-electron chi connectivity index (χ4n) is 1.51. The summed E-state index contributed by atoms with van der Waals surface area (Å²) in [5.41, 5.74) is 0. The van der Waals surface area contributed by atoms with Gasteiger partial charge < -0.3 is 4.42 Å².